The molecule has 1 aliphatic rings. The molecule has 0 spiro atoms. The zero-order valence-corrected chi connectivity index (χ0v) is 21.5. The second kappa shape index (κ2) is 15.9. The van der Waals surface area contributed by atoms with Crippen LogP contribution < -0.4 is 5.32 Å². The second-order valence-corrected chi connectivity index (χ2v) is 8.47. The molecule has 0 bridgehead atoms. The van der Waals surface area contributed by atoms with Crippen LogP contribution >= 0.6 is 11.9 Å². The number of aldehydes is 1. The van der Waals surface area contributed by atoms with E-state index in [-0.39, 0.29) is 6.04 Å². The largest absolute Gasteiger partial charge is 0.388 e. The highest BCUT2D eigenvalue weighted by atomic mass is 32.2. The van der Waals surface area contributed by atoms with Gasteiger partial charge in [0.05, 0.1) is 31.1 Å². The number of ether oxygens (including phenoxy) is 2. The SMILES string of the molecule is CC.CNc1ccc(C)c(SN2CCOCC2)c1.COCCc1nn(C(C)C)cc1C=O. The second-order valence-electron chi connectivity index (χ2n) is 7.33. The molecule has 0 amide bonds. The van der Waals surface area contributed by atoms with E-state index < -0.39 is 0 Å². The molecule has 1 aromatic carbocycles. The minimum atomic E-state index is 0.282. The molecule has 1 aliphatic heterocycles. The normalized spacial score (nSPS) is 13.6. The first-order valence-electron chi connectivity index (χ1n) is 11.3. The van der Waals surface area contributed by atoms with Gasteiger partial charge in [0.1, 0.15) is 0 Å². The van der Waals surface area contributed by atoms with E-state index in [0.717, 1.165) is 38.3 Å². The van der Waals surface area contributed by atoms with Gasteiger partial charge < -0.3 is 14.8 Å². The van der Waals surface area contributed by atoms with Crippen LogP contribution in [0.5, 0.6) is 0 Å². The molecule has 2 aromatic rings. The van der Waals surface area contributed by atoms with Crippen LogP contribution in [0, 0.1) is 6.92 Å². The number of carbonyl (C=O) groups is 1. The first kappa shape index (κ1) is 28.2. The van der Waals surface area contributed by atoms with Gasteiger partial charge in [-0.25, -0.2) is 4.31 Å². The zero-order valence-electron chi connectivity index (χ0n) is 20.7. The minimum absolute atomic E-state index is 0.282. The summed E-state index contributed by atoms with van der Waals surface area (Å²) in [5.74, 6) is 0. The maximum Gasteiger partial charge on any atom is 0.153 e. The Labute approximate surface area is 198 Å². The average Bonchev–Trinajstić information content (AvgIpc) is 3.25. The van der Waals surface area contributed by atoms with Crippen molar-refractivity contribution in [2.24, 2.45) is 0 Å². The topological polar surface area (TPSA) is 68.6 Å². The lowest BCUT2D eigenvalue weighted by atomic mass is 10.2. The summed E-state index contributed by atoms with van der Waals surface area (Å²) in [4.78, 5) is 12.1. The van der Waals surface area contributed by atoms with E-state index in [1.807, 2.05) is 46.7 Å². The molecule has 2 heterocycles. The lowest BCUT2D eigenvalue weighted by Gasteiger charge is -2.26. The number of morpholine rings is 1. The van der Waals surface area contributed by atoms with Crippen LogP contribution in [-0.4, -0.2) is 67.4 Å². The van der Waals surface area contributed by atoms with Gasteiger partial charge in [0.2, 0.25) is 0 Å². The molecular weight excluding hydrogens is 424 g/mol. The summed E-state index contributed by atoms with van der Waals surface area (Å²) < 4.78 is 14.5. The fourth-order valence-electron chi connectivity index (χ4n) is 2.83. The molecule has 1 saturated heterocycles. The summed E-state index contributed by atoms with van der Waals surface area (Å²) in [6.45, 7) is 14.5. The summed E-state index contributed by atoms with van der Waals surface area (Å²) in [5, 5.41) is 7.50. The Hall–Kier alpha value is -1.87. The monoisotopic (exact) mass is 464 g/mol. The fourth-order valence-corrected chi connectivity index (χ4v) is 3.83. The van der Waals surface area contributed by atoms with E-state index in [9.17, 15) is 4.79 Å². The molecule has 1 aromatic heterocycles. The molecular formula is C24H40N4O3S. The van der Waals surface area contributed by atoms with Crippen molar-refractivity contribution in [1.82, 2.24) is 14.1 Å². The van der Waals surface area contributed by atoms with Crippen LogP contribution in [0.1, 0.15) is 55.4 Å². The van der Waals surface area contributed by atoms with Gasteiger partial charge in [0.25, 0.3) is 0 Å². The Morgan fingerprint density at radius 3 is 2.53 bits per heavy atom. The number of methoxy groups -OCH3 is 1. The molecule has 7 nitrogen and oxygen atoms in total. The van der Waals surface area contributed by atoms with Crippen molar-refractivity contribution < 1.29 is 14.3 Å². The number of carbonyl (C=O) groups excluding carboxylic acids is 1. The van der Waals surface area contributed by atoms with Crippen molar-refractivity contribution in [3.63, 3.8) is 0 Å². The molecule has 32 heavy (non-hydrogen) atoms. The number of nitrogens with one attached hydrogen (secondary N) is 1. The van der Waals surface area contributed by atoms with E-state index in [1.165, 1.54) is 16.1 Å². The van der Waals surface area contributed by atoms with Gasteiger partial charge in [-0.05, 0) is 50.4 Å². The predicted octanol–water partition coefficient (Wildman–Crippen LogP) is 4.87. The Morgan fingerprint density at radius 1 is 1.28 bits per heavy atom. The van der Waals surface area contributed by atoms with Gasteiger partial charge in [-0.15, -0.1) is 0 Å². The van der Waals surface area contributed by atoms with Crippen molar-refractivity contribution in [2.75, 3.05) is 52.4 Å². The molecule has 8 heteroatoms. The van der Waals surface area contributed by atoms with Crippen LogP contribution in [-0.2, 0) is 15.9 Å². The third kappa shape index (κ3) is 9.32. The van der Waals surface area contributed by atoms with Crippen LogP contribution in [0.3, 0.4) is 0 Å². The first-order chi connectivity index (χ1) is 15.5. The number of nitrogens with zero attached hydrogens (tertiary/aromatic N) is 3. The van der Waals surface area contributed by atoms with Crippen LogP contribution in [0.4, 0.5) is 5.69 Å². The van der Waals surface area contributed by atoms with Gasteiger partial charge in [0, 0.05) is 56.5 Å². The molecule has 3 rings (SSSR count). The van der Waals surface area contributed by atoms with Gasteiger partial charge in [-0.1, -0.05) is 19.9 Å². The van der Waals surface area contributed by atoms with Gasteiger partial charge in [-0.3, -0.25) is 9.48 Å². The van der Waals surface area contributed by atoms with Crippen molar-refractivity contribution in [3.8, 4) is 0 Å². The highest BCUT2D eigenvalue weighted by Crippen LogP contribution is 2.29. The summed E-state index contributed by atoms with van der Waals surface area (Å²) in [5.41, 5.74) is 3.98. The summed E-state index contributed by atoms with van der Waals surface area (Å²) in [6, 6.07) is 6.76. The van der Waals surface area contributed by atoms with Crippen LogP contribution in [0.15, 0.2) is 29.3 Å². The number of benzene rings is 1. The number of rotatable bonds is 8. The van der Waals surface area contributed by atoms with Crippen LogP contribution in [0.25, 0.3) is 0 Å². The third-order valence-electron chi connectivity index (χ3n) is 4.71. The molecule has 1 fully saturated rings. The van der Waals surface area contributed by atoms with E-state index in [2.05, 4.69) is 39.8 Å². The number of aryl methyl sites for hydroxylation is 1. The van der Waals surface area contributed by atoms with Crippen molar-refractivity contribution in [2.45, 2.75) is 52.0 Å². The van der Waals surface area contributed by atoms with Crippen LogP contribution in [0.2, 0.25) is 0 Å². The number of aromatic nitrogens is 2. The van der Waals surface area contributed by atoms with Gasteiger partial charge >= 0.3 is 0 Å². The Kier molecular flexibility index (Phi) is 14.0. The third-order valence-corrected chi connectivity index (χ3v) is 5.97. The maximum atomic E-state index is 10.7. The standard InChI is InChI=1S/C12H18N2OS.C10H16N2O2.C2H6/c1-10-3-4-11(13-2)9-12(10)16-14-5-7-15-8-6-14;1-8(2)12-6-9(7-13)10(11-12)4-5-14-3;1-2/h3-4,9,13H,5-8H2,1-2H3;6-8H,4-5H2,1-3H3;1-2H3. The highest BCUT2D eigenvalue weighted by molar-refractivity contribution is 7.97. The fraction of sp³-hybridized carbons (Fsp3) is 0.583. The summed E-state index contributed by atoms with van der Waals surface area (Å²) in [6.07, 6.45) is 3.31. The predicted molar refractivity (Wildman–Crippen MR) is 134 cm³/mol. The van der Waals surface area contributed by atoms with E-state index >= 15 is 0 Å². The lowest BCUT2D eigenvalue weighted by Crippen LogP contribution is -2.30. The number of hydrogen-bond donors (Lipinski definition) is 1. The van der Waals surface area contributed by atoms with Gasteiger partial charge in [-0.2, -0.15) is 5.10 Å². The average molecular weight is 465 g/mol. The maximum absolute atomic E-state index is 10.7. The van der Waals surface area contributed by atoms with Crippen molar-refractivity contribution in [1.29, 1.82) is 0 Å². The minimum Gasteiger partial charge on any atom is -0.388 e. The Morgan fingerprint density at radius 2 is 1.97 bits per heavy atom. The molecule has 1 N–H and O–H groups in total. The molecule has 180 valence electrons. The zero-order chi connectivity index (χ0) is 23.9. The van der Waals surface area contributed by atoms with Crippen molar-refractivity contribution in [3.05, 3.63) is 41.2 Å². The summed E-state index contributed by atoms with van der Waals surface area (Å²) >= 11 is 1.83. The highest BCUT2D eigenvalue weighted by Gasteiger charge is 2.13. The molecule has 0 saturated carbocycles. The molecule has 0 radical (unpaired) electrons. The molecule has 0 atom stereocenters. The smallest absolute Gasteiger partial charge is 0.153 e. The first-order valence-corrected chi connectivity index (χ1v) is 12.1. The molecule has 0 aliphatic carbocycles. The summed E-state index contributed by atoms with van der Waals surface area (Å²) in [7, 11) is 3.59. The lowest BCUT2D eigenvalue weighted by molar-refractivity contribution is 0.0773. The van der Waals surface area contributed by atoms with E-state index in [0.29, 0.717) is 18.6 Å². The Balaban J connectivity index is 0.000000300. The Bertz CT molecular complexity index is 790. The number of anilines is 1. The van der Waals surface area contributed by atoms with E-state index in [4.69, 9.17) is 9.47 Å². The molecule has 0 unspecified atom stereocenters. The van der Waals surface area contributed by atoms with Gasteiger partial charge in [0.15, 0.2) is 6.29 Å². The quantitative estimate of drug-likeness (QED) is 0.442. The van der Waals surface area contributed by atoms with Crippen molar-refractivity contribution >= 4 is 23.9 Å². The van der Waals surface area contributed by atoms with E-state index in [1.54, 1.807) is 18.0 Å². The number of hydrogen-bond acceptors (Lipinski definition) is 7.